The highest BCUT2D eigenvalue weighted by atomic mass is 15.2. The molecule has 1 aliphatic heterocycles. The Hall–Kier alpha value is -1.94. The van der Waals surface area contributed by atoms with Crippen molar-refractivity contribution in [3.8, 4) is 0 Å². The van der Waals surface area contributed by atoms with Crippen molar-refractivity contribution in [3.63, 3.8) is 0 Å². The van der Waals surface area contributed by atoms with Gasteiger partial charge in [0.2, 0.25) is 5.95 Å². The Kier molecular flexibility index (Phi) is 4.15. The van der Waals surface area contributed by atoms with Crippen molar-refractivity contribution in [2.24, 2.45) is 5.73 Å². The van der Waals surface area contributed by atoms with Crippen molar-refractivity contribution in [2.75, 3.05) is 18.0 Å². The van der Waals surface area contributed by atoms with E-state index in [-0.39, 0.29) is 0 Å². The number of nitrogens with zero attached hydrogens (tertiary/aromatic N) is 3. The van der Waals surface area contributed by atoms with Crippen molar-refractivity contribution < 1.29 is 0 Å². The van der Waals surface area contributed by atoms with E-state index >= 15 is 0 Å². The van der Waals surface area contributed by atoms with Crippen molar-refractivity contribution >= 4 is 5.95 Å². The molecule has 1 aromatic carbocycles. The van der Waals surface area contributed by atoms with Gasteiger partial charge in [-0.25, -0.2) is 9.97 Å². The molecule has 1 fully saturated rings. The van der Waals surface area contributed by atoms with Crippen LogP contribution in [0.3, 0.4) is 0 Å². The second kappa shape index (κ2) is 6.22. The highest BCUT2D eigenvalue weighted by molar-refractivity contribution is 5.32. The molecule has 1 aromatic heterocycles. The van der Waals surface area contributed by atoms with Crippen LogP contribution >= 0.6 is 0 Å². The smallest absolute Gasteiger partial charge is 0.225 e. The van der Waals surface area contributed by atoms with Gasteiger partial charge >= 0.3 is 0 Å². The first-order valence-corrected chi connectivity index (χ1v) is 7.58. The minimum atomic E-state index is 0.335. The van der Waals surface area contributed by atoms with Gasteiger partial charge in [-0.15, -0.1) is 0 Å². The standard InChI is InChI=1S/C17H22N4/c1-13-2-4-14(5-3-13)10-15-11-19-17(20-12-15)21-8-6-16(18)7-9-21/h2-5,11-12,16H,6-10,18H2,1H3. The fourth-order valence-electron chi connectivity index (χ4n) is 2.64. The van der Waals surface area contributed by atoms with Gasteiger partial charge < -0.3 is 10.6 Å². The van der Waals surface area contributed by atoms with Crippen molar-refractivity contribution in [3.05, 3.63) is 53.3 Å². The van der Waals surface area contributed by atoms with Crippen LogP contribution in [0.5, 0.6) is 0 Å². The van der Waals surface area contributed by atoms with E-state index in [4.69, 9.17) is 5.73 Å². The van der Waals surface area contributed by atoms with Gasteiger partial charge in [-0.2, -0.15) is 0 Å². The Bertz CT molecular complexity index is 569. The van der Waals surface area contributed by atoms with Crippen LogP contribution in [0.4, 0.5) is 5.95 Å². The zero-order valence-corrected chi connectivity index (χ0v) is 12.5. The summed E-state index contributed by atoms with van der Waals surface area (Å²) in [5, 5.41) is 0. The molecule has 0 saturated carbocycles. The molecule has 1 aliphatic rings. The highest BCUT2D eigenvalue weighted by Crippen LogP contribution is 2.16. The fraction of sp³-hybridized carbons (Fsp3) is 0.412. The second-order valence-corrected chi connectivity index (χ2v) is 5.88. The topological polar surface area (TPSA) is 55.0 Å². The van der Waals surface area contributed by atoms with Gasteiger partial charge in [-0.1, -0.05) is 29.8 Å². The summed E-state index contributed by atoms with van der Waals surface area (Å²) in [7, 11) is 0. The first kappa shape index (κ1) is 14.0. The van der Waals surface area contributed by atoms with Crippen LogP contribution in [0.15, 0.2) is 36.7 Å². The lowest BCUT2D eigenvalue weighted by molar-refractivity contribution is 0.495. The summed E-state index contributed by atoms with van der Waals surface area (Å²) in [5.41, 5.74) is 9.66. The van der Waals surface area contributed by atoms with Crippen LogP contribution in [0.2, 0.25) is 0 Å². The van der Waals surface area contributed by atoms with Gasteiger partial charge in [-0.05, 0) is 30.9 Å². The summed E-state index contributed by atoms with van der Waals surface area (Å²) < 4.78 is 0. The van der Waals surface area contributed by atoms with Crippen LogP contribution < -0.4 is 10.6 Å². The van der Waals surface area contributed by atoms with Crippen LogP contribution in [0, 0.1) is 6.92 Å². The van der Waals surface area contributed by atoms with E-state index in [0.717, 1.165) is 43.9 Å². The van der Waals surface area contributed by atoms with Crippen molar-refractivity contribution in [1.29, 1.82) is 0 Å². The number of piperidine rings is 1. The SMILES string of the molecule is Cc1ccc(Cc2cnc(N3CCC(N)CC3)nc2)cc1. The molecule has 0 radical (unpaired) electrons. The molecule has 21 heavy (non-hydrogen) atoms. The van der Waals surface area contributed by atoms with E-state index in [0.29, 0.717) is 6.04 Å². The molecule has 4 nitrogen and oxygen atoms in total. The molecule has 110 valence electrons. The normalized spacial score (nSPS) is 16.2. The third-order valence-electron chi connectivity index (χ3n) is 4.04. The lowest BCUT2D eigenvalue weighted by Crippen LogP contribution is -2.40. The molecular weight excluding hydrogens is 260 g/mol. The van der Waals surface area contributed by atoms with Gasteiger partial charge in [-0.3, -0.25) is 0 Å². The largest absolute Gasteiger partial charge is 0.341 e. The maximum atomic E-state index is 5.93. The summed E-state index contributed by atoms with van der Waals surface area (Å²) in [6.07, 6.45) is 6.81. The average Bonchev–Trinajstić information content (AvgIpc) is 2.51. The van der Waals surface area contributed by atoms with Gasteiger partial charge in [0.1, 0.15) is 0 Å². The molecule has 2 aromatic rings. The molecule has 0 amide bonds. The minimum Gasteiger partial charge on any atom is -0.341 e. The number of benzene rings is 1. The number of aryl methyl sites for hydroxylation is 1. The number of hydrogen-bond acceptors (Lipinski definition) is 4. The third kappa shape index (κ3) is 3.58. The molecule has 1 saturated heterocycles. The summed E-state index contributed by atoms with van der Waals surface area (Å²) in [5.74, 6) is 0.828. The average molecular weight is 282 g/mol. The maximum Gasteiger partial charge on any atom is 0.225 e. The first-order valence-electron chi connectivity index (χ1n) is 7.58. The van der Waals surface area contributed by atoms with Crippen LogP contribution in [-0.2, 0) is 6.42 Å². The number of nitrogens with two attached hydrogens (primary N) is 1. The molecule has 0 aliphatic carbocycles. The Morgan fingerprint density at radius 1 is 1.05 bits per heavy atom. The number of aromatic nitrogens is 2. The Labute approximate surface area is 126 Å². The second-order valence-electron chi connectivity index (χ2n) is 5.88. The summed E-state index contributed by atoms with van der Waals surface area (Å²) >= 11 is 0. The van der Waals surface area contributed by atoms with Crippen LogP contribution in [-0.4, -0.2) is 29.1 Å². The summed E-state index contributed by atoms with van der Waals surface area (Å²) in [6.45, 7) is 4.02. The van der Waals surface area contributed by atoms with E-state index < -0.39 is 0 Å². The van der Waals surface area contributed by atoms with Crippen molar-refractivity contribution in [2.45, 2.75) is 32.2 Å². The monoisotopic (exact) mass is 282 g/mol. The third-order valence-corrected chi connectivity index (χ3v) is 4.04. The Balaban J connectivity index is 1.65. The van der Waals surface area contributed by atoms with Crippen LogP contribution in [0.1, 0.15) is 29.5 Å². The predicted molar refractivity (Wildman–Crippen MR) is 85.4 cm³/mol. The highest BCUT2D eigenvalue weighted by Gasteiger charge is 2.17. The maximum absolute atomic E-state index is 5.93. The molecule has 0 atom stereocenters. The van der Waals surface area contributed by atoms with E-state index in [1.165, 1.54) is 11.1 Å². The number of rotatable bonds is 3. The van der Waals surface area contributed by atoms with Crippen LogP contribution in [0.25, 0.3) is 0 Å². The fourth-order valence-corrected chi connectivity index (χ4v) is 2.64. The predicted octanol–water partition coefficient (Wildman–Crippen LogP) is 2.30. The molecule has 4 heteroatoms. The van der Waals surface area contributed by atoms with Crippen molar-refractivity contribution in [1.82, 2.24) is 9.97 Å². The van der Waals surface area contributed by atoms with E-state index in [9.17, 15) is 0 Å². The molecule has 0 bridgehead atoms. The lowest BCUT2D eigenvalue weighted by Gasteiger charge is -2.30. The molecule has 2 N–H and O–H groups in total. The van der Waals surface area contributed by atoms with E-state index in [1.807, 2.05) is 12.4 Å². The zero-order chi connectivity index (χ0) is 14.7. The molecule has 0 unspecified atom stereocenters. The summed E-state index contributed by atoms with van der Waals surface area (Å²) in [6, 6.07) is 8.94. The molecular formula is C17H22N4. The number of anilines is 1. The minimum absolute atomic E-state index is 0.335. The quantitative estimate of drug-likeness (QED) is 0.938. The van der Waals surface area contributed by atoms with E-state index in [2.05, 4.69) is 46.1 Å². The van der Waals surface area contributed by atoms with Gasteiger partial charge in [0.15, 0.2) is 0 Å². The first-order chi connectivity index (χ1) is 10.2. The van der Waals surface area contributed by atoms with Gasteiger partial charge in [0, 0.05) is 37.9 Å². The van der Waals surface area contributed by atoms with Gasteiger partial charge in [0.05, 0.1) is 0 Å². The molecule has 0 spiro atoms. The molecule has 3 rings (SSSR count). The van der Waals surface area contributed by atoms with Gasteiger partial charge in [0.25, 0.3) is 0 Å². The Morgan fingerprint density at radius 3 is 2.29 bits per heavy atom. The zero-order valence-electron chi connectivity index (χ0n) is 12.5. The Morgan fingerprint density at radius 2 is 1.67 bits per heavy atom. The molecule has 2 heterocycles. The summed E-state index contributed by atoms with van der Waals surface area (Å²) in [4.78, 5) is 11.3. The number of hydrogen-bond donors (Lipinski definition) is 1. The van der Waals surface area contributed by atoms with E-state index in [1.54, 1.807) is 0 Å². The lowest BCUT2D eigenvalue weighted by atomic mass is 10.1.